The minimum absolute atomic E-state index is 0.0246. The zero-order valence-electron chi connectivity index (χ0n) is 17.8. The first-order valence-corrected chi connectivity index (χ1v) is 11.8. The minimum atomic E-state index is -3.64. The van der Waals surface area contributed by atoms with Crippen LogP contribution in [-0.2, 0) is 10.0 Å². The normalized spacial score (nSPS) is 12.9. The second-order valence-electron chi connectivity index (χ2n) is 7.59. The number of rotatable bonds is 7. The Labute approximate surface area is 191 Å². The zero-order valence-corrected chi connectivity index (χ0v) is 18.6. The van der Waals surface area contributed by atoms with E-state index in [2.05, 4.69) is 4.72 Å². The van der Waals surface area contributed by atoms with Crippen LogP contribution in [0, 0.1) is 0 Å². The number of nitrogens with one attached hydrogen (secondary N) is 1. The second kappa shape index (κ2) is 8.68. The van der Waals surface area contributed by atoms with Crippen LogP contribution in [0.1, 0.15) is 51.6 Å². The summed E-state index contributed by atoms with van der Waals surface area (Å²) in [5.41, 5.74) is 6.21. The lowest BCUT2D eigenvalue weighted by molar-refractivity contribution is 0.0977. The molecule has 4 rings (SSSR count). The van der Waals surface area contributed by atoms with Gasteiger partial charge in [-0.3, -0.25) is 9.59 Å². The molecular weight excluding hydrogens is 444 g/mol. The number of phenolic OH excluding ortho intramolecular Hbond substituents is 1. The van der Waals surface area contributed by atoms with E-state index in [-0.39, 0.29) is 44.3 Å². The number of carbonyl (C=O) groups is 2. The molecule has 0 radical (unpaired) electrons. The molecule has 0 aliphatic heterocycles. The third-order valence-electron chi connectivity index (χ3n) is 5.36. The van der Waals surface area contributed by atoms with E-state index >= 15 is 0 Å². The van der Waals surface area contributed by atoms with Crippen molar-refractivity contribution >= 4 is 27.3 Å². The molecule has 9 heteroatoms. The van der Waals surface area contributed by atoms with E-state index in [9.17, 15) is 23.1 Å². The smallest absolute Gasteiger partial charge is 0.240 e. The van der Waals surface area contributed by atoms with Gasteiger partial charge in [-0.25, -0.2) is 13.1 Å². The van der Waals surface area contributed by atoms with Crippen LogP contribution in [0.5, 0.6) is 17.2 Å². The van der Waals surface area contributed by atoms with Crippen molar-refractivity contribution in [3.63, 3.8) is 0 Å². The molecule has 4 N–H and O–H groups in total. The minimum Gasteiger partial charge on any atom is -0.507 e. The number of sulfonamides is 1. The van der Waals surface area contributed by atoms with E-state index in [1.807, 2.05) is 6.92 Å². The largest absolute Gasteiger partial charge is 0.507 e. The lowest BCUT2D eigenvalue weighted by atomic mass is 9.82. The van der Waals surface area contributed by atoms with Gasteiger partial charge in [0.1, 0.15) is 11.5 Å². The molecular formula is C24H22N2O6S. The van der Waals surface area contributed by atoms with Crippen molar-refractivity contribution in [2.24, 2.45) is 0 Å². The fraction of sp³-hybridized carbons (Fsp3) is 0.167. The summed E-state index contributed by atoms with van der Waals surface area (Å²) in [5.74, 6) is -1.20. The third-order valence-corrected chi connectivity index (χ3v) is 6.84. The Hall–Kier alpha value is -3.69. The molecule has 170 valence electrons. The quantitative estimate of drug-likeness (QED) is 0.215. The van der Waals surface area contributed by atoms with Crippen LogP contribution < -0.4 is 15.2 Å². The fourth-order valence-electron chi connectivity index (χ4n) is 3.64. The Bertz CT molecular complexity index is 1360. The summed E-state index contributed by atoms with van der Waals surface area (Å²) < 4.78 is 32.9. The highest BCUT2D eigenvalue weighted by Gasteiger charge is 2.35. The van der Waals surface area contributed by atoms with Crippen molar-refractivity contribution < 1.29 is 27.9 Å². The number of phenols is 1. The van der Waals surface area contributed by atoms with Gasteiger partial charge in [-0.2, -0.15) is 0 Å². The van der Waals surface area contributed by atoms with Crippen LogP contribution >= 0.6 is 0 Å². The van der Waals surface area contributed by atoms with E-state index in [4.69, 9.17) is 10.5 Å². The van der Waals surface area contributed by atoms with Crippen LogP contribution in [0.2, 0.25) is 0 Å². The van der Waals surface area contributed by atoms with Crippen LogP contribution in [0.3, 0.4) is 0 Å². The predicted molar refractivity (Wildman–Crippen MR) is 122 cm³/mol. The first-order valence-electron chi connectivity index (χ1n) is 10.4. The number of ether oxygens (including phenoxy) is 1. The average molecular weight is 467 g/mol. The van der Waals surface area contributed by atoms with Crippen LogP contribution in [0.25, 0.3) is 0 Å². The van der Waals surface area contributed by atoms with Crippen molar-refractivity contribution in [1.29, 1.82) is 0 Å². The van der Waals surface area contributed by atoms with Gasteiger partial charge in [0.05, 0.1) is 21.7 Å². The molecule has 0 atom stereocenters. The van der Waals surface area contributed by atoms with Gasteiger partial charge in [-0.15, -0.1) is 0 Å². The summed E-state index contributed by atoms with van der Waals surface area (Å²) in [4.78, 5) is 25.9. The van der Waals surface area contributed by atoms with Crippen molar-refractivity contribution in [1.82, 2.24) is 4.72 Å². The van der Waals surface area contributed by atoms with E-state index in [1.54, 1.807) is 12.1 Å². The van der Waals surface area contributed by atoms with Gasteiger partial charge < -0.3 is 15.6 Å². The molecule has 8 nitrogen and oxygen atoms in total. The molecule has 0 aromatic heterocycles. The summed E-state index contributed by atoms with van der Waals surface area (Å²) in [6.07, 6.45) is 1.59. The van der Waals surface area contributed by atoms with E-state index in [0.29, 0.717) is 6.54 Å². The molecule has 3 aromatic rings. The summed E-state index contributed by atoms with van der Waals surface area (Å²) in [7, 11) is -3.64. The highest BCUT2D eigenvalue weighted by Crippen LogP contribution is 2.42. The zero-order chi connectivity index (χ0) is 23.8. The van der Waals surface area contributed by atoms with Gasteiger partial charge in [0.15, 0.2) is 17.3 Å². The Morgan fingerprint density at radius 1 is 0.970 bits per heavy atom. The van der Waals surface area contributed by atoms with Crippen molar-refractivity contribution in [2.75, 3.05) is 12.3 Å². The number of nitrogens with two attached hydrogens (primary N) is 1. The number of aromatic hydroxyl groups is 1. The molecule has 33 heavy (non-hydrogen) atoms. The number of benzene rings is 3. The van der Waals surface area contributed by atoms with Gasteiger partial charge in [0.25, 0.3) is 0 Å². The van der Waals surface area contributed by atoms with Gasteiger partial charge in [0, 0.05) is 23.7 Å². The number of unbranched alkanes of at least 4 members (excludes halogenated alkanes) is 1. The molecule has 3 aromatic carbocycles. The number of ketones is 2. The highest BCUT2D eigenvalue weighted by molar-refractivity contribution is 7.89. The first kappa shape index (κ1) is 22.5. The third kappa shape index (κ3) is 4.08. The molecule has 0 saturated carbocycles. The lowest BCUT2D eigenvalue weighted by Crippen LogP contribution is -2.24. The maximum atomic E-state index is 13.0. The fourth-order valence-corrected chi connectivity index (χ4v) is 4.71. The monoisotopic (exact) mass is 466 g/mol. The van der Waals surface area contributed by atoms with E-state index < -0.39 is 27.3 Å². The predicted octanol–water partition coefficient (Wildman–Crippen LogP) is 3.62. The summed E-state index contributed by atoms with van der Waals surface area (Å²) >= 11 is 0. The number of hydrogen-bond acceptors (Lipinski definition) is 7. The first-order chi connectivity index (χ1) is 15.7. The molecule has 0 spiro atoms. The Kier molecular flexibility index (Phi) is 5.92. The second-order valence-corrected chi connectivity index (χ2v) is 9.35. The van der Waals surface area contributed by atoms with Crippen molar-refractivity contribution in [3.05, 3.63) is 76.9 Å². The lowest BCUT2D eigenvalue weighted by Gasteiger charge is -2.21. The van der Waals surface area contributed by atoms with E-state index in [0.717, 1.165) is 12.8 Å². The number of hydrogen-bond donors (Lipinski definition) is 3. The van der Waals surface area contributed by atoms with Gasteiger partial charge >= 0.3 is 0 Å². The van der Waals surface area contributed by atoms with Crippen LogP contribution in [-0.4, -0.2) is 31.6 Å². The Morgan fingerprint density at radius 3 is 2.18 bits per heavy atom. The van der Waals surface area contributed by atoms with Gasteiger partial charge in [-0.05, 0) is 30.7 Å². The molecule has 0 bridgehead atoms. The maximum Gasteiger partial charge on any atom is 0.240 e. The standard InChI is InChI=1S/C24H22N2O6S/c1-2-3-12-26-33(30,31)15-10-8-14(9-11-15)32-19-13-18(27)20-21(22(19)25)24(29)17-7-5-4-6-16(17)23(20)28/h4-11,13,26-27H,2-3,12,25H2,1H3. The summed E-state index contributed by atoms with van der Waals surface area (Å²) in [5, 5.41) is 10.5. The molecule has 0 unspecified atom stereocenters. The number of carbonyl (C=O) groups excluding carboxylic acids is 2. The molecule has 0 amide bonds. The SMILES string of the molecule is CCCCNS(=O)(=O)c1ccc(Oc2cc(O)c3c(c2N)C(=O)c2ccccc2C3=O)cc1. The molecule has 1 aliphatic rings. The molecule has 0 saturated heterocycles. The topological polar surface area (TPSA) is 136 Å². The summed E-state index contributed by atoms with van der Waals surface area (Å²) in [6.45, 7) is 2.31. The summed E-state index contributed by atoms with van der Waals surface area (Å²) in [6, 6.07) is 13.1. The average Bonchev–Trinajstić information content (AvgIpc) is 2.80. The molecule has 0 fully saturated rings. The molecule has 1 aliphatic carbocycles. The van der Waals surface area contributed by atoms with Crippen LogP contribution in [0.4, 0.5) is 5.69 Å². The van der Waals surface area contributed by atoms with E-state index in [1.165, 1.54) is 42.5 Å². The van der Waals surface area contributed by atoms with Crippen molar-refractivity contribution in [2.45, 2.75) is 24.7 Å². The molecule has 0 heterocycles. The Morgan fingerprint density at radius 2 is 1.58 bits per heavy atom. The van der Waals surface area contributed by atoms with Gasteiger partial charge in [0.2, 0.25) is 10.0 Å². The van der Waals surface area contributed by atoms with Gasteiger partial charge in [-0.1, -0.05) is 37.6 Å². The van der Waals surface area contributed by atoms with Crippen LogP contribution in [0.15, 0.2) is 59.5 Å². The number of nitrogen functional groups attached to an aromatic ring is 1. The Balaban J connectivity index is 1.65. The number of fused-ring (bicyclic) bond motifs is 2. The highest BCUT2D eigenvalue weighted by atomic mass is 32.2. The van der Waals surface area contributed by atoms with Crippen molar-refractivity contribution in [3.8, 4) is 17.2 Å². The number of anilines is 1. The maximum absolute atomic E-state index is 13.0.